The van der Waals surface area contributed by atoms with E-state index in [0.29, 0.717) is 134 Å². The molecule has 2 aromatic carbocycles. The number of hydrogen-bond donors (Lipinski definition) is 5. The van der Waals surface area contributed by atoms with Gasteiger partial charge in [-0.3, -0.25) is 9.59 Å². The van der Waals surface area contributed by atoms with Crippen LogP contribution in [0.25, 0.3) is 10.9 Å². The average Bonchev–Trinajstić information content (AvgIpc) is 4.25. The quantitative estimate of drug-likeness (QED) is 0.0363. The van der Waals surface area contributed by atoms with Gasteiger partial charge in [0.1, 0.15) is 24.4 Å². The molecule has 8 rings (SSSR count). The standard InChI is InChI=1S/C54H75N17O6/c1-6-26-75-28-30-77-31-29-76-27-17-57-52-59-53(68-22-18-66(19-23-68)50(73)47(34-41-33-40-11-9-10-12-44(40)58-41)70-36-46(63-64-70)48(56)37(4)7-2)61-54(60-52)69-24-20-67(21-25-69)51(74)49(38(5)8-3)71-35-45(62-65-71)43(55)32-39-13-15-42(72)16-14-39/h1,9-16,33,35-38,43,47-49,58,72H,7-8,17-32,34,55-56H2,2-5H3,(H,57,59,60,61)/t37?,38-,43-,47-,48-,49-/m0/s1. The molecule has 4 aromatic heterocycles. The predicted octanol–water partition coefficient (Wildman–Crippen LogP) is 3.69. The van der Waals surface area contributed by atoms with Crippen molar-refractivity contribution in [3.8, 4) is 18.1 Å². The van der Waals surface area contributed by atoms with Gasteiger partial charge < -0.3 is 60.7 Å². The predicted molar refractivity (Wildman–Crippen MR) is 292 cm³/mol. The zero-order valence-corrected chi connectivity index (χ0v) is 44.8. The number of ether oxygens (including phenoxy) is 3. The number of fused-ring (bicyclic) bond motifs is 1. The maximum Gasteiger partial charge on any atom is 0.248 e. The van der Waals surface area contributed by atoms with Gasteiger partial charge in [0.2, 0.25) is 29.7 Å². The summed E-state index contributed by atoms with van der Waals surface area (Å²) in [6, 6.07) is 15.1. The summed E-state index contributed by atoms with van der Waals surface area (Å²) in [6.45, 7) is 14.6. The number of nitrogens with one attached hydrogen (secondary N) is 2. The summed E-state index contributed by atoms with van der Waals surface area (Å²) in [5.41, 5.74) is 17.3. The molecule has 2 aliphatic rings. The summed E-state index contributed by atoms with van der Waals surface area (Å²) in [7, 11) is 0. The third-order valence-corrected chi connectivity index (χ3v) is 14.6. The van der Waals surface area contributed by atoms with Crippen molar-refractivity contribution in [3.05, 3.63) is 89.6 Å². The Bertz CT molecular complexity index is 2820. The first-order valence-electron chi connectivity index (χ1n) is 26.9. The number of hydrogen-bond acceptors (Lipinski definition) is 18. The number of aromatic nitrogens is 10. The molecule has 0 saturated carbocycles. The van der Waals surface area contributed by atoms with E-state index in [2.05, 4.69) is 73.5 Å². The molecular weight excluding hydrogens is 983 g/mol. The number of para-hydroxylation sites is 1. The van der Waals surface area contributed by atoms with E-state index in [1.54, 1.807) is 27.7 Å². The van der Waals surface area contributed by atoms with E-state index in [1.165, 1.54) is 0 Å². The zero-order valence-electron chi connectivity index (χ0n) is 44.8. The van der Waals surface area contributed by atoms with Crippen molar-refractivity contribution in [1.82, 2.24) is 59.7 Å². The number of H-pyrrole nitrogens is 1. The molecule has 2 amide bonds. The molecule has 6 heterocycles. The van der Waals surface area contributed by atoms with Crippen LogP contribution in [0.3, 0.4) is 0 Å². The summed E-state index contributed by atoms with van der Waals surface area (Å²) in [5, 5.41) is 31.9. The molecule has 77 heavy (non-hydrogen) atoms. The number of nitrogens with two attached hydrogens (primary N) is 2. The Hall–Kier alpha value is -7.23. The second-order valence-electron chi connectivity index (χ2n) is 19.9. The maximum atomic E-state index is 14.7. The lowest BCUT2D eigenvalue weighted by atomic mass is 9.97. The van der Waals surface area contributed by atoms with Crippen molar-refractivity contribution in [3.63, 3.8) is 0 Å². The van der Waals surface area contributed by atoms with E-state index < -0.39 is 18.1 Å². The normalized spacial score (nSPS) is 16.5. The summed E-state index contributed by atoms with van der Waals surface area (Å²) in [4.78, 5) is 55.4. The van der Waals surface area contributed by atoms with Crippen molar-refractivity contribution < 1.29 is 28.9 Å². The Kier molecular flexibility index (Phi) is 19.8. The fourth-order valence-corrected chi connectivity index (χ4v) is 9.49. The monoisotopic (exact) mass is 1060 g/mol. The van der Waals surface area contributed by atoms with Crippen LogP contribution in [-0.2, 0) is 36.6 Å². The lowest BCUT2D eigenvalue weighted by Crippen LogP contribution is -2.52. The largest absolute Gasteiger partial charge is 0.508 e. The molecule has 0 spiro atoms. The van der Waals surface area contributed by atoms with Crippen molar-refractivity contribution in [2.75, 3.05) is 114 Å². The smallest absolute Gasteiger partial charge is 0.248 e. The fraction of sp³-hybridized carbons (Fsp3) is 0.537. The first kappa shape index (κ1) is 56.0. The van der Waals surface area contributed by atoms with E-state index in [0.717, 1.165) is 35.0 Å². The minimum absolute atomic E-state index is 0.0338. The van der Waals surface area contributed by atoms with E-state index in [1.807, 2.05) is 59.3 Å². The van der Waals surface area contributed by atoms with Crippen LogP contribution in [0.2, 0.25) is 0 Å². The van der Waals surface area contributed by atoms with Gasteiger partial charge in [-0.1, -0.05) is 87.2 Å². The van der Waals surface area contributed by atoms with Crippen molar-refractivity contribution >= 4 is 40.6 Å². The molecule has 23 nitrogen and oxygen atoms in total. The number of phenols is 1. The Morgan fingerprint density at radius 3 is 1.99 bits per heavy atom. The molecule has 23 heteroatoms. The minimum Gasteiger partial charge on any atom is -0.508 e. The summed E-state index contributed by atoms with van der Waals surface area (Å²) in [6.07, 6.45) is 11.4. The Morgan fingerprint density at radius 2 is 1.34 bits per heavy atom. The molecule has 1 unspecified atom stereocenters. The van der Waals surface area contributed by atoms with Gasteiger partial charge in [-0.25, -0.2) is 9.36 Å². The molecule has 7 N–H and O–H groups in total. The van der Waals surface area contributed by atoms with Gasteiger partial charge in [-0.05, 0) is 53.5 Å². The number of nitrogens with zero attached hydrogens (tertiary/aromatic N) is 13. The van der Waals surface area contributed by atoms with Crippen LogP contribution in [0.5, 0.6) is 5.75 Å². The van der Waals surface area contributed by atoms with Crippen molar-refractivity contribution in [2.24, 2.45) is 23.3 Å². The molecule has 412 valence electrons. The van der Waals surface area contributed by atoms with Crippen LogP contribution < -0.4 is 26.6 Å². The van der Waals surface area contributed by atoms with Crippen LogP contribution in [0, 0.1) is 24.2 Å². The number of aromatic amines is 1. The maximum absolute atomic E-state index is 14.7. The van der Waals surface area contributed by atoms with Crippen LogP contribution in [-0.4, -0.2) is 175 Å². The molecule has 6 aromatic rings. The van der Waals surface area contributed by atoms with Gasteiger partial charge in [-0.2, -0.15) is 15.0 Å². The number of anilines is 3. The highest BCUT2D eigenvalue weighted by molar-refractivity contribution is 5.83. The highest BCUT2D eigenvalue weighted by atomic mass is 16.5. The Morgan fingerprint density at radius 1 is 0.740 bits per heavy atom. The number of carbonyl (C=O) groups excluding carboxylic acids is 2. The summed E-state index contributed by atoms with van der Waals surface area (Å²) < 4.78 is 20.0. The first-order chi connectivity index (χ1) is 37.4. The molecule has 2 saturated heterocycles. The van der Waals surface area contributed by atoms with Crippen LogP contribution in [0.15, 0.2) is 67.0 Å². The summed E-state index contributed by atoms with van der Waals surface area (Å²) in [5.74, 6) is 3.99. The first-order valence-corrected chi connectivity index (χ1v) is 26.9. The van der Waals surface area contributed by atoms with Gasteiger partial charge in [0.15, 0.2) is 0 Å². The lowest BCUT2D eigenvalue weighted by molar-refractivity contribution is -0.137. The number of aromatic hydroxyl groups is 1. The minimum atomic E-state index is -0.665. The van der Waals surface area contributed by atoms with Crippen LogP contribution in [0.4, 0.5) is 17.8 Å². The molecule has 0 aliphatic carbocycles. The van der Waals surface area contributed by atoms with Gasteiger partial charge in [-0.15, -0.1) is 16.6 Å². The second-order valence-corrected chi connectivity index (χ2v) is 19.9. The number of amides is 2. The van der Waals surface area contributed by atoms with Crippen LogP contribution in [0.1, 0.15) is 87.3 Å². The van der Waals surface area contributed by atoms with Gasteiger partial charge in [0.25, 0.3) is 0 Å². The van der Waals surface area contributed by atoms with Gasteiger partial charge in [0, 0.05) is 76.5 Å². The topological polar surface area (TPSA) is 275 Å². The van der Waals surface area contributed by atoms with E-state index in [4.69, 9.17) is 47.1 Å². The molecule has 0 bridgehead atoms. The third kappa shape index (κ3) is 14.6. The number of terminal acetylenes is 1. The number of rotatable bonds is 27. The van der Waals surface area contributed by atoms with Gasteiger partial charge >= 0.3 is 0 Å². The summed E-state index contributed by atoms with van der Waals surface area (Å²) >= 11 is 0. The molecule has 0 radical (unpaired) electrons. The van der Waals surface area contributed by atoms with Gasteiger partial charge in [0.05, 0.1) is 68.9 Å². The second kappa shape index (κ2) is 27.2. The highest BCUT2D eigenvalue weighted by Gasteiger charge is 2.36. The van der Waals surface area contributed by atoms with E-state index in [-0.39, 0.29) is 42.0 Å². The third-order valence-electron chi connectivity index (χ3n) is 14.6. The van der Waals surface area contributed by atoms with Crippen molar-refractivity contribution in [1.29, 1.82) is 0 Å². The Balaban J connectivity index is 0.942. The number of benzene rings is 2. The molecule has 2 aliphatic heterocycles. The number of carbonyl (C=O) groups is 2. The number of phenolic OH excluding ortho intramolecular Hbond substituents is 1. The zero-order chi connectivity index (χ0) is 54.3. The van der Waals surface area contributed by atoms with Crippen LogP contribution >= 0.6 is 0 Å². The molecular formula is C54H75N17O6. The lowest BCUT2D eigenvalue weighted by Gasteiger charge is -2.38. The average molecular weight is 1060 g/mol. The van der Waals surface area contributed by atoms with Crippen molar-refractivity contribution in [2.45, 2.75) is 77.5 Å². The Labute approximate surface area is 450 Å². The fourth-order valence-electron chi connectivity index (χ4n) is 9.49. The molecule has 2 fully saturated rings. The van der Waals surface area contributed by atoms with E-state index in [9.17, 15) is 14.7 Å². The molecule has 6 atom stereocenters. The highest BCUT2D eigenvalue weighted by Crippen LogP contribution is 2.29. The number of piperazine rings is 2. The SMILES string of the molecule is C#CCOCCOCCOCCNc1nc(N2CCN(C(=O)[C@H]([C@@H](C)CC)n3cc([C@@H](N)Cc4ccc(O)cc4)nn3)CC2)nc(N2CCN(C(=O)[C@H](Cc3cc4ccccc4[nH]3)n3cc([C@@H](N)C(C)CC)nn3)CC2)n1. The van der Waals surface area contributed by atoms with E-state index >= 15 is 0 Å².